The number of nitrogens with one attached hydrogen (secondary N) is 1. The molecule has 144 valence electrons. The minimum Gasteiger partial charge on any atom is -0.440 e. The van der Waals surface area contributed by atoms with Gasteiger partial charge in [0.15, 0.2) is 11.5 Å². The highest BCUT2D eigenvalue weighted by Crippen LogP contribution is 2.32. The second-order valence-corrected chi connectivity index (χ2v) is 7.86. The molecule has 0 saturated carbocycles. The number of oxazole rings is 1. The Kier molecular flexibility index (Phi) is 4.89. The Labute approximate surface area is 159 Å². The van der Waals surface area contributed by atoms with Gasteiger partial charge in [0, 0.05) is 37.4 Å². The van der Waals surface area contributed by atoms with E-state index >= 15 is 0 Å². The molecule has 6 nitrogen and oxygen atoms in total. The summed E-state index contributed by atoms with van der Waals surface area (Å²) in [5.41, 5.74) is 1.55. The molecule has 2 aliphatic rings. The van der Waals surface area contributed by atoms with Crippen LogP contribution >= 0.6 is 0 Å². The summed E-state index contributed by atoms with van der Waals surface area (Å²) < 4.78 is 5.90. The second-order valence-electron chi connectivity index (χ2n) is 7.86. The van der Waals surface area contributed by atoms with E-state index in [2.05, 4.69) is 17.2 Å². The van der Waals surface area contributed by atoms with Crippen molar-refractivity contribution in [1.29, 1.82) is 0 Å². The first-order chi connectivity index (χ1) is 13.1. The summed E-state index contributed by atoms with van der Waals surface area (Å²) in [5, 5.41) is 3.09. The van der Waals surface area contributed by atoms with Crippen molar-refractivity contribution in [2.45, 2.75) is 63.3 Å². The van der Waals surface area contributed by atoms with Crippen molar-refractivity contribution in [2.24, 2.45) is 0 Å². The molecule has 2 aromatic rings. The lowest BCUT2D eigenvalue weighted by atomic mass is 9.88. The number of para-hydroxylation sites is 2. The fraction of sp³-hybridized carbons (Fsp3) is 0.571. The molecule has 2 saturated heterocycles. The van der Waals surface area contributed by atoms with Crippen molar-refractivity contribution >= 4 is 22.9 Å². The molecule has 6 heteroatoms. The number of fused-ring (bicyclic) bond motifs is 1. The molecular weight excluding hydrogens is 342 g/mol. The summed E-state index contributed by atoms with van der Waals surface area (Å²) in [4.78, 5) is 30.8. The number of rotatable bonds is 5. The van der Waals surface area contributed by atoms with Crippen molar-refractivity contribution in [2.75, 3.05) is 13.1 Å². The fourth-order valence-corrected chi connectivity index (χ4v) is 4.35. The van der Waals surface area contributed by atoms with Gasteiger partial charge in [-0.2, -0.15) is 0 Å². The highest BCUT2D eigenvalue weighted by Gasteiger charge is 2.36. The number of carbonyl (C=O) groups excluding carboxylic acids is 2. The quantitative estimate of drug-likeness (QED) is 0.877. The number of benzene rings is 1. The largest absolute Gasteiger partial charge is 0.440 e. The molecule has 4 rings (SSSR count). The first-order valence-corrected chi connectivity index (χ1v) is 10.0. The SMILES string of the molecule is CC[C@]1(CCC(=O)N2CCC(c3nc4ccccc4o3)CC2)CCC(=O)N1. The molecule has 1 aromatic carbocycles. The van der Waals surface area contributed by atoms with Gasteiger partial charge in [0.2, 0.25) is 11.8 Å². The molecule has 27 heavy (non-hydrogen) atoms. The molecule has 3 heterocycles. The maximum atomic E-state index is 12.7. The van der Waals surface area contributed by atoms with Gasteiger partial charge in [-0.15, -0.1) is 0 Å². The molecule has 0 aliphatic carbocycles. The van der Waals surface area contributed by atoms with Crippen LogP contribution in [0.4, 0.5) is 0 Å². The smallest absolute Gasteiger partial charge is 0.222 e. The fourth-order valence-electron chi connectivity index (χ4n) is 4.35. The third-order valence-corrected chi connectivity index (χ3v) is 6.24. The summed E-state index contributed by atoms with van der Waals surface area (Å²) in [6, 6.07) is 7.82. The highest BCUT2D eigenvalue weighted by molar-refractivity contribution is 5.80. The summed E-state index contributed by atoms with van der Waals surface area (Å²) in [6.07, 6.45) is 5.31. The van der Waals surface area contributed by atoms with Crippen LogP contribution in [0.15, 0.2) is 28.7 Å². The zero-order valence-electron chi connectivity index (χ0n) is 15.9. The number of nitrogens with zero attached hydrogens (tertiary/aromatic N) is 2. The standard InChI is InChI=1S/C21H27N3O3/c1-2-21(11-7-18(25)23-21)12-8-19(26)24-13-9-15(10-14-24)20-22-16-5-3-4-6-17(16)27-20/h3-6,15H,2,7-14H2,1H3,(H,23,25)/t21-/m1/s1. The van der Waals surface area contributed by atoms with E-state index in [0.29, 0.717) is 12.8 Å². The molecule has 1 aromatic heterocycles. The maximum Gasteiger partial charge on any atom is 0.222 e. The lowest BCUT2D eigenvalue weighted by Crippen LogP contribution is -2.43. The lowest BCUT2D eigenvalue weighted by molar-refractivity contribution is -0.133. The van der Waals surface area contributed by atoms with E-state index in [-0.39, 0.29) is 23.3 Å². The topological polar surface area (TPSA) is 75.4 Å². The van der Waals surface area contributed by atoms with Gasteiger partial charge < -0.3 is 14.6 Å². The molecule has 0 bridgehead atoms. The molecule has 2 fully saturated rings. The zero-order chi connectivity index (χ0) is 18.9. The Bertz CT molecular complexity index is 805. The summed E-state index contributed by atoms with van der Waals surface area (Å²) in [7, 11) is 0. The monoisotopic (exact) mass is 369 g/mol. The first kappa shape index (κ1) is 18.0. The van der Waals surface area contributed by atoms with Crippen LogP contribution in [0.5, 0.6) is 0 Å². The Morgan fingerprint density at radius 1 is 1.33 bits per heavy atom. The van der Waals surface area contributed by atoms with Crippen LogP contribution < -0.4 is 5.32 Å². The molecule has 1 atom stereocenters. The number of likely N-dealkylation sites (tertiary alicyclic amines) is 1. The van der Waals surface area contributed by atoms with Gasteiger partial charge in [0.1, 0.15) is 5.52 Å². The second kappa shape index (κ2) is 7.33. The van der Waals surface area contributed by atoms with E-state index < -0.39 is 0 Å². The average molecular weight is 369 g/mol. The number of piperidine rings is 1. The van der Waals surface area contributed by atoms with Gasteiger partial charge in [-0.25, -0.2) is 4.98 Å². The third kappa shape index (κ3) is 3.70. The number of hydrogen-bond donors (Lipinski definition) is 1. The summed E-state index contributed by atoms with van der Waals surface area (Å²) in [6.45, 7) is 3.57. The lowest BCUT2D eigenvalue weighted by Gasteiger charge is -2.32. The van der Waals surface area contributed by atoms with Gasteiger partial charge in [0.25, 0.3) is 0 Å². The van der Waals surface area contributed by atoms with Crippen LogP contribution in [0.3, 0.4) is 0 Å². The van der Waals surface area contributed by atoms with Crippen LogP contribution in [0, 0.1) is 0 Å². The van der Waals surface area contributed by atoms with Crippen LogP contribution in [-0.4, -0.2) is 40.3 Å². The molecule has 1 N–H and O–H groups in total. The van der Waals surface area contributed by atoms with Crippen molar-refractivity contribution in [1.82, 2.24) is 15.2 Å². The molecule has 0 unspecified atom stereocenters. The minimum atomic E-state index is -0.177. The number of amides is 2. The predicted octanol–water partition coefficient (Wildman–Crippen LogP) is 3.37. The van der Waals surface area contributed by atoms with Crippen LogP contribution in [0.1, 0.15) is 63.7 Å². The number of carbonyl (C=O) groups is 2. The first-order valence-electron chi connectivity index (χ1n) is 10.0. The van der Waals surface area contributed by atoms with Crippen molar-refractivity contribution < 1.29 is 14.0 Å². The van der Waals surface area contributed by atoms with Gasteiger partial charge >= 0.3 is 0 Å². The molecule has 0 radical (unpaired) electrons. The normalized spacial score (nSPS) is 23.7. The van der Waals surface area contributed by atoms with Gasteiger partial charge in [-0.05, 0) is 44.2 Å². The summed E-state index contributed by atoms with van der Waals surface area (Å²) in [5.74, 6) is 1.38. The van der Waals surface area contributed by atoms with Crippen LogP contribution in [-0.2, 0) is 9.59 Å². The van der Waals surface area contributed by atoms with Gasteiger partial charge in [-0.3, -0.25) is 9.59 Å². The van der Waals surface area contributed by atoms with Crippen LogP contribution in [0.25, 0.3) is 11.1 Å². The van der Waals surface area contributed by atoms with E-state index in [1.165, 1.54) is 0 Å². The van der Waals surface area contributed by atoms with Gasteiger partial charge in [-0.1, -0.05) is 19.1 Å². The Morgan fingerprint density at radius 3 is 2.78 bits per heavy atom. The van der Waals surface area contributed by atoms with E-state index in [1.54, 1.807) is 0 Å². The Hall–Kier alpha value is -2.37. The predicted molar refractivity (Wildman–Crippen MR) is 102 cm³/mol. The van der Waals surface area contributed by atoms with E-state index in [0.717, 1.165) is 62.2 Å². The molecule has 2 amide bonds. The Balaban J connectivity index is 1.31. The minimum absolute atomic E-state index is 0.114. The van der Waals surface area contributed by atoms with Gasteiger partial charge in [0.05, 0.1) is 0 Å². The number of aromatic nitrogens is 1. The zero-order valence-corrected chi connectivity index (χ0v) is 15.9. The van der Waals surface area contributed by atoms with Crippen LogP contribution in [0.2, 0.25) is 0 Å². The molecule has 2 aliphatic heterocycles. The van der Waals surface area contributed by atoms with Crippen molar-refractivity contribution in [3.63, 3.8) is 0 Å². The maximum absolute atomic E-state index is 12.7. The number of hydrogen-bond acceptors (Lipinski definition) is 4. The average Bonchev–Trinajstić information content (AvgIpc) is 3.30. The van der Waals surface area contributed by atoms with Crippen molar-refractivity contribution in [3.05, 3.63) is 30.2 Å². The Morgan fingerprint density at radius 2 is 2.11 bits per heavy atom. The molecule has 0 spiro atoms. The van der Waals surface area contributed by atoms with E-state index in [1.807, 2.05) is 29.2 Å². The van der Waals surface area contributed by atoms with Crippen molar-refractivity contribution in [3.8, 4) is 0 Å². The van der Waals surface area contributed by atoms with E-state index in [9.17, 15) is 9.59 Å². The summed E-state index contributed by atoms with van der Waals surface area (Å²) >= 11 is 0. The van der Waals surface area contributed by atoms with E-state index in [4.69, 9.17) is 4.42 Å². The molecular formula is C21H27N3O3. The highest BCUT2D eigenvalue weighted by atomic mass is 16.3. The third-order valence-electron chi connectivity index (χ3n) is 6.24.